The highest BCUT2D eigenvalue weighted by molar-refractivity contribution is 4.82. The largest absolute Gasteiger partial charge is 0.382 e. The number of hydrogen-bond donors (Lipinski definition) is 1. The van der Waals surface area contributed by atoms with E-state index < -0.39 is 0 Å². The Morgan fingerprint density at radius 2 is 2.06 bits per heavy atom. The molecule has 2 N–H and O–H groups in total. The molecule has 0 heterocycles. The fourth-order valence-electron chi connectivity index (χ4n) is 2.77. The normalized spacial score (nSPS) is 26.2. The number of nitrogens with zero attached hydrogens (tertiary/aromatic N) is 1. The number of nitrogens with two attached hydrogens (primary N) is 1. The molecule has 2 atom stereocenters. The summed E-state index contributed by atoms with van der Waals surface area (Å²) in [5.41, 5.74) is 5.86. The van der Waals surface area contributed by atoms with E-state index >= 15 is 0 Å². The molecule has 0 amide bonds. The highest BCUT2D eigenvalue weighted by atomic mass is 16.5. The fourth-order valence-corrected chi connectivity index (χ4v) is 2.77. The van der Waals surface area contributed by atoms with Gasteiger partial charge in [0.05, 0.1) is 0 Å². The number of rotatable bonds is 7. The Kier molecular flexibility index (Phi) is 7.01. The molecule has 1 rings (SSSR count). The van der Waals surface area contributed by atoms with Gasteiger partial charge in [0.25, 0.3) is 0 Å². The van der Waals surface area contributed by atoms with Gasteiger partial charge in [-0.05, 0) is 45.7 Å². The lowest BCUT2D eigenvalue weighted by Gasteiger charge is -2.37. The molecule has 2 unspecified atom stereocenters. The minimum Gasteiger partial charge on any atom is -0.382 e. The van der Waals surface area contributed by atoms with Crippen molar-refractivity contribution in [2.24, 2.45) is 11.7 Å². The van der Waals surface area contributed by atoms with Crippen LogP contribution in [-0.2, 0) is 4.74 Å². The van der Waals surface area contributed by atoms with Gasteiger partial charge in [-0.25, -0.2) is 0 Å². The van der Waals surface area contributed by atoms with Crippen LogP contribution in [-0.4, -0.2) is 44.3 Å². The van der Waals surface area contributed by atoms with Crippen molar-refractivity contribution in [3.8, 4) is 0 Å². The Hall–Kier alpha value is -0.120. The molecular formula is C13H28N2O. The predicted octanol–water partition coefficient (Wildman–Crippen LogP) is 1.86. The molecule has 3 heteroatoms. The smallest absolute Gasteiger partial charge is 0.0478 e. The Labute approximate surface area is 100 Å². The van der Waals surface area contributed by atoms with Crippen LogP contribution in [0.1, 0.15) is 39.0 Å². The van der Waals surface area contributed by atoms with Crippen LogP contribution in [0.3, 0.4) is 0 Å². The van der Waals surface area contributed by atoms with E-state index in [1.807, 2.05) is 0 Å². The Morgan fingerprint density at radius 3 is 2.75 bits per heavy atom. The van der Waals surface area contributed by atoms with Crippen LogP contribution in [0.2, 0.25) is 0 Å². The summed E-state index contributed by atoms with van der Waals surface area (Å²) in [4.78, 5) is 2.50. The molecule has 96 valence electrons. The van der Waals surface area contributed by atoms with Gasteiger partial charge in [0.15, 0.2) is 0 Å². The number of hydrogen-bond acceptors (Lipinski definition) is 3. The minimum absolute atomic E-state index is 0.709. The van der Waals surface area contributed by atoms with E-state index in [0.29, 0.717) is 12.0 Å². The second-order valence-corrected chi connectivity index (χ2v) is 4.88. The van der Waals surface area contributed by atoms with Crippen molar-refractivity contribution in [1.29, 1.82) is 0 Å². The summed E-state index contributed by atoms with van der Waals surface area (Å²) >= 11 is 0. The van der Waals surface area contributed by atoms with Crippen molar-refractivity contribution >= 4 is 0 Å². The Morgan fingerprint density at radius 1 is 1.31 bits per heavy atom. The highest BCUT2D eigenvalue weighted by Gasteiger charge is 2.26. The monoisotopic (exact) mass is 228 g/mol. The average molecular weight is 228 g/mol. The molecule has 0 bridgehead atoms. The lowest BCUT2D eigenvalue weighted by molar-refractivity contribution is 0.103. The molecular weight excluding hydrogens is 200 g/mol. The van der Waals surface area contributed by atoms with Gasteiger partial charge in [-0.15, -0.1) is 0 Å². The van der Waals surface area contributed by atoms with Crippen LogP contribution in [0.25, 0.3) is 0 Å². The maximum absolute atomic E-state index is 5.86. The van der Waals surface area contributed by atoms with Crippen molar-refractivity contribution < 1.29 is 4.74 Å². The van der Waals surface area contributed by atoms with E-state index in [1.165, 1.54) is 25.7 Å². The first-order chi connectivity index (χ1) is 7.79. The third-order valence-electron chi connectivity index (χ3n) is 3.74. The van der Waals surface area contributed by atoms with Crippen molar-refractivity contribution in [3.05, 3.63) is 0 Å². The van der Waals surface area contributed by atoms with Gasteiger partial charge in [0.1, 0.15) is 0 Å². The van der Waals surface area contributed by atoms with E-state index in [-0.39, 0.29) is 0 Å². The summed E-state index contributed by atoms with van der Waals surface area (Å²) in [6.45, 7) is 5.76. The first kappa shape index (κ1) is 13.9. The van der Waals surface area contributed by atoms with Crippen LogP contribution in [0, 0.1) is 5.92 Å². The molecule has 1 fully saturated rings. The summed E-state index contributed by atoms with van der Waals surface area (Å²) in [6.07, 6.45) is 6.52. The van der Waals surface area contributed by atoms with E-state index in [2.05, 4.69) is 18.9 Å². The molecule has 16 heavy (non-hydrogen) atoms. The van der Waals surface area contributed by atoms with Gasteiger partial charge in [-0.2, -0.15) is 0 Å². The summed E-state index contributed by atoms with van der Waals surface area (Å²) in [5.74, 6) is 0.714. The lowest BCUT2D eigenvalue weighted by atomic mass is 9.83. The second-order valence-electron chi connectivity index (χ2n) is 4.88. The van der Waals surface area contributed by atoms with Gasteiger partial charge in [-0.1, -0.05) is 12.8 Å². The molecule has 3 nitrogen and oxygen atoms in total. The number of ether oxygens (including phenoxy) is 1. The van der Waals surface area contributed by atoms with E-state index in [1.54, 1.807) is 0 Å². The molecule has 1 aliphatic carbocycles. The first-order valence-corrected chi connectivity index (χ1v) is 6.77. The van der Waals surface area contributed by atoms with Crippen molar-refractivity contribution in [3.63, 3.8) is 0 Å². The Balaban J connectivity index is 2.24. The zero-order chi connectivity index (χ0) is 11.8. The lowest BCUT2D eigenvalue weighted by Crippen LogP contribution is -2.43. The summed E-state index contributed by atoms with van der Waals surface area (Å²) in [7, 11) is 2.24. The van der Waals surface area contributed by atoms with E-state index in [9.17, 15) is 0 Å². The topological polar surface area (TPSA) is 38.5 Å². The van der Waals surface area contributed by atoms with Crippen LogP contribution in [0.5, 0.6) is 0 Å². The molecule has 0 aliphatic heterocycles. The van der Waals surface area contributed by atoms with Gasteiger partial charge in [0, 0.05) is 25.8 Å². The van der Waals surface area contributed by atoms with Gasteiger partial charge >= 0.3 is 0 Å². The van der Waals surface area contributed by atoms with E-state index in [0.717, 1.165) is 32.7 Å². The zero-order valence-corrected chi connectivity index (χ0v) is 11.0. The van der Waals surface area contributed by atoms with Gasteiger partial charge in [0.2, 0.25) is 0 Å². The molecule has 1 aliphatic rings. The summed E-state index contributed by atoms with van der Waals surface area (Å²) in [5, 5.41) is 0. The molecule has 0 aromatic rings. The van der Waals surface area contributed by atoms with Crippen LogP contribution in [0.15, 0.2) is 0 Å². The molecule has 0 aromatic carbocycles. The van der Waals surface area contributed by atoms with Crippen LogP contribution in [0.4, 0.5) is 0 Å². The third-order valence-corrected chi connectivity index (χ3v) is 3.74. The quantitative estimate of drug-likeness (QED) is 0.676. The van der Waals surface area contributed by atoms with Crippen molar-refractivity contribution in [1.82, 2.24) is 4.90 Å². The SMILES string of the molecule is CCOCCCN(C)C1CCCCC1CN. The molecule has 0 aromatic heterocycles. The fraction of sp³-hybridized carbons (Fsp3) is 1.00. The molecule has 1 saturated carbocycles. The maximum atomic E-state index is 5.86. The molecule has 0 radical (unpaired) electrons. The Bertz CT molecular complexity index is 175. The summed E-state index contributed by atoms with van der Waals surface area (Å²) < 4.78 is 5.37. The first-order valence-electron chi connectivity index (χ1n) is 6.77. The highest BCUT2D eigenvalue weighted by Crippen LogP contribution is 2.27. The van der Waals surface area contributed by atoms with E-state index in [4.69, 9.17) is 10.5 Å². The third kappa shape index (κ3) is 4.40. The van der Waals surface area contributed by atoms with Gasteiger partial charge < -0.3 is 15.4 Å². The predicted molar refractivity (Wildman–Crippen MR) is 68.5 cm³/mol. The second kappa shape index (κ2) is 8.04. The maximum Gasteiger partial charge on any atom is 0.0478 e. The van der Waals surface area contributed by atoms with Crippen molar-refractivity contribution in [2.75, 3.05) is 33.4 Å². The van der Waals surface area contributed by atoms with Crippen LogP contribution >= 0.6 is 0 Å². The molecule has 0 saturated heterocycles. The zero-order valence-electron chi connectivity index (χ0n) is 11.0. The van der Waals surface area contributed by atoms with Crippen molar-refractivity contribution in [2.45, 2.75) is 45.1 Å². The standard InChI is InChI=1S/C13H28N2O/c1-3-16-10-6-9-15(2)13-8-5-4-7-12(13)11-14/h12-13H,3-11,14H2,1-2H3. The average Bonchev–Trinajstić information content (AvgIpc) is 2.34. The molecule has 0 spiro atoms. The summed E-state index contributed by atoms with van der Waals surface area (Å²) in [6, 6.07) is 0.709. The van der Waals surface area contributed by atoms with Crippen LogP contribution < -0.4 is 5.73 Å². The van der Waals surface area contributed by atoms with Gasteiger partial charge in [-0.3, -0.25) is 0 Å². The minimum atomic E-state index is 0.709.